The minimum Gasteiger partial charge on any atom is -0.472 e. The van der Waals surface area contributed by atoms with Crippen molar-refractivity contribution in [2.75, 3.05) is 13.1 Å². The first-order valence-electron chi connectivity index (χ1n) is 9.06. The molecular formula is C19H19F3N2O3S. The Morgan fingerprint density at radius 2 is 1.75 bits per heavy atom. The Morgan fingerprint density at radius 3 is 2.46 bits per heavy atom. The van der Waals surface area contributed by atoms with E-state index in [0.717, 1.165) is 37.3 Å². The molecule has 4 rings (SSSR count). The Bertz CT molecular complexity index is 986. The molecule has 28 heavy (non-hydrogen) atoms. The molecule has 0 amide bonds. The van der Waals surface area contributed by atoms with Crippen LogP contribution in [0, 0.1) is 0 Å². The molecule has 0 bridgehead atoms. The second kappa shape index (κ2) is 7.04. The maximum atomic E-state index is 12.8. The summed E-state index contributed by atoms with van der Waals surface area (Å²) in [5, 5.41) is 0. The highest BCUT2D eigenvalue weighted by atomic mass is 32.2. The molecule has 0 unspecified atom stereocenters. The Hall–Kier alpha value is -2.13. The monoisotopic (exact) mass is 412 g/mol. The maximum Gasteiger partial charge on any atom is 0.433 e. The fourth-order valence-electron chi connectivity index (χ4n) is 3.50. The lowest BCUT2D eigenvalue weighted by Crippen LogP contribution is -2.56. The molecule has 0 radical (unpaired) electrons. The van der Waals surface area contributed by atoms with E-state index in [4.69, 9.17) is 4.74 Å². The minimum absolute atomic E-state index is 0.0807. The normalized spacial score (nSPS) is 18.4. The van der Waals surface area contributed by atoms with Gasteiger partial charge >= 0.3 is 6.18 Å². The molecule has 150 valence electrons. The number of aryl methyl sites for hydroxylation is 2. The zero-order chi connectivity index (χ0) is 19.9. The lowest BCUT2D eigenvalue weighted by Gasteiger charge is -2.37. The number of hydrogen-bond donors (Lipinski definition) is 0. The molecule has 0 N–H and O–H groups in total. The van der Waals surface area contributed by atoms with E-state index in [2.05, 4.69) is 4.98 Å². The number of nitrogens with zero attached hydrogens (tertiary/aromatic N) is 2. The van der Waals surface area contributed by atoms with Crippen molar-refractivity contribution in [2.45, 2.75) is 42.9 Å². The fourth-order valence-corrected chi connectivity index (χ4v) is 5.05. The highest BCUT2D eigenvalue weighted by Gasteiger charge is 2.39. The van der Waals surface area contributed by atoms with Crippen molar-refractivity contribution >= 4 is 10.0 Å². The molecule has 2 aromatic rings. The molecular weight excluding hydrogens is 393 g/mol. The van der Waals surface area contributed by atoms with Gasteiger partial charge in [0.05, 0.1) is 18.0 Å². The van der Waals surface area contributed by atoms with E-state index < -0.39 is 28.0 Å². The molecule has 1 saturated heterocycles. The van der Waals surface area contributed by atoms with Crippen molar-refractivity contribution in [3.05, 3.63) is 53.2 Å². The second-order valence-corrected chi connectivity index (χ2v) is 9.00. The minimum atomic E-state index is -4.55. The smallest absolute Gasteiger partial charge is 0.433 e. The van der Waals surface area contributed by atoms with Gasteiger partial charge in [-0.15, -0.1) is 0 Å². The van der Waals surface area contributed by atoms with Gasteiger partial charge in [0.2, 0.25) is 15.9 Å². The number of rotatable bonds is 4. The van der Waals surface area contributed by atoms with Gasteiger partial charge < -0.3 is 4.74 Å². The summed E-state index contributed by atoms with van der Waals surface area (Å²) in [6, 6.07) is 8.65. The van der Waals surface area contributed by atoms with Gasteiger partial charge in [-0.2, -0.15) is 17.5 Å². The first kappa shape index (κ1) is 19.2. The molecule has 2 aliphatic rings. The molecule has 1 aromatic heterocycles. The molecule has 5 nitrogen and oxygen atoms in total. The molecule has 0 atom stereocenters. The lowest BCUT2D eigenvalue weighted by molar-refractivity contribution is -0.141. The summed E-state index contributed by atoms with van der Waals surface area (Å²) >= 11 is 0. The van der Waals surface area contributed by atoms with Crippen LogP contribution in [0.4, 0.5) is 13.2 Å². The Labute approximate surface area is 161 Å². The third-order valence-corrected chi connectivity index (χ3v) is 6.90. The standard InChI is InChI=1S/C19H19F3N2O3S/c20-19(21,22)17-6-3-7-18(23-17)27-15-11-24(12-15)28(25,26)16-9-8-13-4-1-2-5-14(13)10-16/h3,6-10,15H,1-2,4-5,11-12H2. The molecule has 9 heteroatoms. The van der Waals surface area contributed by atoms with E-state index in [-0.39, 0.29) is 23.9 Å². The highest BCUT2D eigenvalue weighted by Crippen LogP contribution is 2.31. The highest BCUT2D eigenvalue weighted by molar-refractivity contribution is 7.89. The molecule has 0 saturated carbocycles. The lowest BCUT2D eigenvalue weighted by atomic mass is 9.92. The quantitative estimate of drug-likeness (QED) is 0.772. The first-order valence-corrected chi connectivity index (χ1v) is 10.5. The largest absolute Gasteiger partial charge is 0.472 e. The number of alkyl halides is 3. The van der Waals surface area contributed by atoms with Gasteiger partial charge in [0, 0.05) is 6.07 Å². The van der Waals surface area contributed by atoms with Gasteiger partial charge in [-0.3, -0.25) is 0 Å². The topological polar surface area (TPSA) is 59.5 Å². The summed E-state index contributed by atoms with van der Waals surface area (Å²) in [7, 11) is -3.64. The van der Waals surface area contributed by atoms with Crippen LogP contribution in [0.5, 0.6) is 5.88 Å². The molecule has 1 aliphatic carbocycles. The summed E-state index contributed by atoms with van der Waals surface area (Å²) in [5.74, 6) is -0.161. The average Bonchev–Trinajstić information content (AvgIpc) is 2.63. The van der Waals surface area contributed by atoms with Crippen LogP contribution in [-0.2, 0) is 29.0 Å². The number of sulfonamides is 1. The van der Waals surface area contributed by atoms with E-state index in [1.165, 1.54) is 22.0 Å². The van der Waals surface area contributed by atoms with Gasteiger partial charge in [0.25, 0.3) is 0 Å². The van der Waals surface area contributed by atoms with Crippen LogP contribution in [-0.4, -0.2) is 36.9 Å². The zero-order valence-electron chi connectivity index (χ0n) is 14.9. The van der Waals surface area contributed by atoms with Crippen LogP contribution in [0.2, 0.25) is 0 Å². The predicted octanol–water partition coefficient (Wildman–Crippen LogP) is 3.43. The number of benzene rings is 1. The summed E-state index contributed by atoms with van der Waals surface area (Å²) in [5.41, 5.74) is 1.24. The third-order valence-electron chi connectivity index (χ3n) is 5.07. The van der Waals surface area contributed by atoms with Crippen LogP contribution in [0.1, 0.15) is 29.7 Å². The molecule has 1 aromatic carbocycles. The van der Waals surface area contributed by atoms with Gasteiger partial charge in [0.15, 0.2) is 0 Å². The number of aromatic nitrogens is 1. The summed E-state index contributed by atoms with van der Waals surface area (Å²) < 4.78 is 70.4. The number of pyridine rings is 1. The van der Waals surface area contributed by atoms with Crippen LogP contribution < -0.4 is 4.74 Å². The molecule has 0 spiro atoms. The van der Waals surface area contributed by atoms with Crippen molar-refractivity contribution in [2.24, 2.45) is 0 Å². The van der Waals surface area contributed by atoms with Crippen molar-refractivity contribution in [3.63, 3.8) is 0 Å². The van der Waals surface area contributed by atoms with Crippen molar-refractivity contribution in [1.82, 2.24) is 9.29 Å². The molecule has 1 fully saturated rings. The van der Waals surface area contributed by atoms with Crippen LogP contribution >= 0.6 is 0 Å². The van der Waals surface area contributed by atoms with Gasteiger partial charge in [-0.05, 0) is 55.0 Å². The van der Waals surface area contributed by atoms with Gasteiger partial charge in [-0.25, -0.2) is 13.4 Å². The Kier molecular flexibility index (Phi) is 4.83. The van der Waals surface area contributed by atoms with Gasteiger partial charge in [0.1, 0.15) is 11.8 Å². The van der Waals surface area contributed by atoms with Gasteiger partial charge in [-0.1, -0.05) is 12.1 Å². The second-order valence-electron chi connectivity index (χ2n) is 7.06. The van der Waals surface area contributed by atoms with Crippen molar-refractivity contribution < 1.29 is 26.3 Å². The van der Waals surface area contributed by atoms with E-state index in [1.54, 1.807) is 12.1 Å². The number of fused-ring (bicyclic) bond motifs is 1. The number of hydrogen-bond acceptors (Lipinski definition) is 4. The van der Waals surface area contributed by atoms with E-state index in [0.29, 0.717) is 0 Å². The van der Waals surface area contributed by atoms with Crippen LogP contribution in [0.3, 0.4) is 0 Å². The summed E-state index contributed by atoms with van der Waals surface area (Å²) in [6.07, 6.45) is -1.05. The van der Waals surface area contributed by atoms with Crippen molar-refractivity contribution in [3.8, 4) is 5.88 Å². The van der Waals surface area contributed by atoms with Crippen molar-refractivity contribution in [1.29, 1.82) is 0 Å². The number of ether oxygens (including phenoxy) is 1. The summed E-state index contributed by atoms with van der Waals surface area (Å²) in [6.45, 7) is 0.161. The SMILES string of the molecule is O=S(=O)(c1ccc2c(c1)CCCC2)N1CC(Oc2cccc(C(F)(F)F)n2)C1. The Morgan fingerprint density at radius 1 is 1.04 bits per heavy atom. The Balaban J connectivity index is 1.42. The first-order chi connectivity index (χ1) is 13.2. The molecule has 2 heterocycles. The average molecular weight is 412 g/mol. The van der Waals surface area contributed by atoms with Crippen LogP contribution in [0.15, 0.2) is 41.3 Å². The fraction of sp³-hybridized carbons (Fsp3) is 0.421. The summed E-state index contributed by atoms with van der Waals surface area (Å²) in [4.78, 5) is 3.70. The number of halogens is 3. The van der Waals surface area contributed by atoms with E-state index in [9.17, 15) is 21.6 Å². The van der Waals surface area contributed by atoms with E-state index >= 15 is 0 Å². The molecule has 1 aliphatic heterocycles. The predicted molar refractivity (Wildman–Crippen MR) is 95.5 cm³/mol. The zero-order valence-corrected chi connectivity index (χ0v) is 15.8. The maximum absolute atomic E-state index is 12.8. The third kappa shape index (κ3) is 3.73. The van der Waals surface area contributed by atoms with E-state index in [1.807, 2.05) is 6.07 Å². The van der Waals surface area contributed by atoms with Crippen LogP contribution in [0.25, 0.3) is 0 Å².